The summed E-state index contributed by atoms with van der Waals surface area (Å²) in [6, 6.07) is 17.0. The van der Waals surface area contributed by atoms with Crippen molar-refractivity contribution >= 4 is 22.7 Å². The van der Waals surface area contributed by atoms with Crippen LogP contribution in [0.2, 0.25) is 0 Å². The van der Waals surface area contributed by atoms with Crippen LogP contribution in [0.4, 0.5) is 0 Å². The lowest BCUT2D eigenvalue weighted by Gasteiger charge is -2.12. The lowest BCUT2D eigenvalue weighted by molar-refractivity contribution is 0.189. The Labute approximate surface area is 171 Å². The number of fused-ring (bicyclic) bond motifs is 1. The Bertz CT molecular complexity index is 1160. The van der Waals surface area contributed by atoms with Gasteiger partial charge in [-0.15, -0.1) is 10.2 Å². The molecule has 0 unspecified atom stereocenters. The molecule has 0 aliphatic rings. The van der Waals surface area contributed by atoms with Crippen molar-refractivity contribution in [2.75, 3.05) is 13.7 Å². The van der Waals surface area contributed by atoms with Crippen LogP contribution in [0.25, 0.3) is 22.4 Å². The molecule has 148 valence electrons. The summed E-state index contributed by atoms with van der Waals surface area (Å²) >= 11 is 1.41. The smallest absolute Gasteiger partial charge is 0.262 e. The Hall–Kier alpha value is -2.97. The van der Waals surface area contributed by atoms with Gasteiger partial charge in [-0.3, -0.25) is 9.36 Å². The van der Waals surface area contributed by atoms with E-state index >= 15 is 0 Å². The van der Waals surface area contributed by atoms with E-state index in [9.17, 15) is 4.79 Å². The molecule has 0 aliphatic carbocycles. The maximum Gasteiger partial charge on any atom is 0.262 e. The number of hydrogen-bond acceptors (Lipinski definition) is 7. The molecule has 0 amide bonds. The number of para-hydroxylation sites is 1. The minimum atomic E-state index is -0.0512. The summed E-state index contributed by atoms with van der Waals surface area (Å²) in [7, 11) is 1.65. The van der Waals surface area contributed by atoms with Crippen molar-refractivity contribution in [2.24, 2.45) is 0 Å². The summed E-state index contributed by atoms with van der Waals surface area (Å²) in [6.45, 7) is 1.11. The first kappa shape index (κ1) is 19.4. The summed E-state index contributed by atoms with van der Waals surface area (Å²) in [5.74, 6) is 1.39. The molecule has 0 bridgehead atoms. The summed E-state index contributed by atoms with van der Waals surface area (Å²) in [5, 5.41) is 9.48. The first-order valence-electron chi connectivity index (χ1n) is 9.25. The Morgan fingerprint density at radius 1 is 1.07 bits per heavy atom. The van der Waals surface area contributed by atoms with Crippen LogP contribution in [0.15, 0.2) is 69.0 Å². The van der Waals surface area contributed by atoms with Gasteiger partial charge in [0.1, 0.15) is 0 Å². The van der Waals surface area contributed by atoms with Crippen molar-refractivity contribution < 1.29 is 9.15 Å². The first-order valence-corrected chi connectivity index (χ1v) is 10.2. The predicted molar refractivity (Wildman–Crippen MR) is 112 cm³/mol. The normalized spacial score (nSPS) is 11.2. The average Bonchev–Trinajstić information content (AvgIpc) is 3.24. The van der Waals surface area contributed by atoms with Gasteiger partial charge in [-0.05, 0) is 30.7 Å². The molecule has 7 nitrogen and oxygen atoms in total. The highest BCUT2D eigenvalue weighted by atomic mass is 32.2. The van der Waals surface area contributed by atoms with Crippen molar-refractivity contribution in [3.63, 3.8) is 0 Å². The van der Waals surface area contributed by atoms with Crippen molar-refractivity contribution in [3.05, 3.63) is 70.8 Å². The fourth-order valence-electron chi connectivity index (χ4n) is 2.96. The molecule has 0 atom stereocenters. The van der Waals surface area contributed by atoms with Crippen molar-refractivity contribution in [2.45, 2.75) is 23.9 Å². The molecule has 0 aliphatic heterocycles. The number of methoxy groups -OCH3 is 1. The molecule has 8 heteroatoms. The molecule has 0 fully saturated rings. The molecule has 0 saturated heterocycles. The summed E-state index contributed by atoms with van der Waals surface area (Å²) < 4.78 is 12.6. The van der Waals surface area contributed by atoms with Crippen LogP contribution in [0.5, 0.6) is 0 Å². The molecule has 4 rings (SSSR count). The zero-order valence-corrected chi connectivity index (χ0v) is 16.8. The largest absolute Gasteiger partial charge is 0.420 e. The molecule has 2 aromatic heterocycles. The molecule has 29 heavy (non-hydrogen) atoms. The van der Waals surface area contributed by atoms with Gasteiger partial charge in [-0.25, -0.2) is 4.98 Å². The van der Waals surface area contributed by atoms with E-state index < -0.39 is 0 Å². The Morgan fingerprint density at radius 2 is 1.86 bits per heavy atom. The Morgan fingerprint density at radius 3 is 2.69 bits per heavy atom. The van der Waals surface area contributed by atoms with E-state index in [-0.39, 0.29) is 5.56 Å². The topological polar surface area (TPSA) is 83.0 Å². The van der Waals surface area contributed by atoms with E-state index in [4.69, 9.17) is 14.1 Å². The van der Waals surface area contributed by atoms with Crippen LogP contribution in [0, 0.1) is 0 Å². The zero-order valence-electron chi connectivity index (χ0n) is 15.9. The average molecular weight is 408 g/mol. The highest BCUT2D eigenvalue weighted by Crippen LogP contribution is 2.24. The van der Waals surface area contributed by atoms with Crippen LogP contribution in [-0.4, -0.2) is 33.5 Å². The molecule has 0 N–H and O–H groups in total. The third-order valence-electron chi connectivity index (χ3n) is 4.37. The van der Waals surface area contributed by atoms with E-state index in [0.29, 0.717) is 46.7 Å². The number of thioether (sulfide) groups is 1. The maximum absolute atomic E-state index is 13.0. The van der Waals surface area contributed by atoms with E-state index in [1.165, 1.54) is 11.8 Å². The quantitative estimate of drug-likeness (QED) is 0.249. The third kappa shape index (κ3) is 4.38. The van der Waals surface area contributed by atoms with E-state index in [2.05, 4.69) is 10.2 Å². The monoisotopic (exact) mass is 408 g/mol. The maximum atomic E-state index is 13.0. The SMILES string of the molecule is COCCCn1c(SCc2nnc(-c3ccccc3)o2)nc2ccccc2c1=O. The highest BCUT2D eigenvalue weighted by molar-refractivity contribution is 7.98. The zero-order chi connectivity index (χ0) is 20.1. The van der Waals surface area contributed by atoms with E-state index in [1.807, 2.05) is 48.5 Å². The standard InChI is InChI=1S/C21H20N4O3S/c1-27-13-7-12-25-20(26)16-10-5-6-11-17(16)22-21(25)29-14-18-23-24-19(28-18)15-8-3-2-4-9-15/h2-6,8-11H,7,12-14H2,1H3. The van der Waals surface area contributed by atoms with Gasteiger partial charge < -0.3 is 9.15 Å². The number of hydrogen-bond donors (Lipinski definition) is 0. The molecule has 2 heterocycles. The minimum absolute atomic E-state index is 0.0512. The number of benzene rings is 2. The number of rotatable bonds is 8. The fraction of sp³-hybridized carbons (Fsp3) is 0.238. The number of nitrogens with zero attached hydrogens (tertiary/aromatic N) is 4. The fourth-order valence-corrected chi connectivity index (χ4v) is 3.82. The molecule has 4 aromatic rings. The molecule has 0 radical (unpaired) electrons. The summed E-state index contributed by atoms with van der Waals surface area (Å²) in [5.41, 5.74) is 1.50. The summed E-state index contributed by atoms with van der Waals surface area (Å²) in [4.78, 5) is 17.7. The Kier molecular flexibility index (Phi) is 6.02. The van der Waals surface area contributed by atoms with Gasteiger partial charge >= 0.3 is 0 Å². The molecule has 0 saturated carbocycles. The lowest BCUT2D eigenvalue weighted by atomic mass is 10.2. The molecule has 0 spiro atoms. The first-order chi connectivity index (χ1) is 14.3. The third-order valence-corrected chi connectivity index (χ3v) is 5.33. The van der Waals surface area contributed by atoms with Crippen LogP contribution in [0.3, 0.4) is 0 Å². The van der Waals surface area contributed by atoms with E-state index in [0.717, 1.165) is 12.0 Å². The number of aromatic nitrogens is 4. The van der Waals surface area contributed by atoms with Gasteiger partial charge in [0.2, 0.25) is 11.8 Å². The van der Waals surface area contributed by atoms with Crippen LogP contribution in [-0.2, 0) is 17.0 Å². The predicted octanol–water partition coefficient (Wildman–Crippen LogP) is 3.78. The van der Waals surface area contributed by atoms with Crippen molar-refractivity contribution in [3.8, 4) is 11.5 Å². The van der Waals surface area contributed by atoms with Gasteiger partial charge in [0.05, 0.1) is 16.7 Å². The van der Waals surface area contributed by atoms with Crippen molar-refractivity contribution in [1.82, 2.24) is 19.7 Å². The van der Waals surface area contributed by atoms with Crippen LogP contribution < -0.4 is 5.56 Å². The van der Waals surface area contributed by atoms with E-state index in [1.54, 1.807) is 17.7 Å². The second kappa shape index (κ2) is 9.02. The van der Waals surface area contributed by atoms with Gasteiger partial charge in [0.15, 0.2) is 5.16 Å². The lowest BCUT2D eigenvalue weighted by Crippen LogP contribution is -2.24. The minimum Gasteiger partial charge on any atom is -0.420 e. The van der Waals surface area contributed by atoms with Crippen molar-refractivity contribution in [1.29, 1.82) is 0 Å². The summed E-state index contributed by atoms with van der Waals surface area (Å²) in [6.07, 6.45) is 0.725. The second-order valence-corrected chi connectivity index (χ2v) is 7.31. The Balaban J connectivity index is 1.59. The second-order valence-electron chi connectivity index (χ2n) is 6.37. The van der Waals surface area contributed by atoms with Gasteiger partial charge in [0, 0.05) is 25.8 Å². The van der Waals surface area contributed by atoms with Crippen LogP contribution in [0.1, 0.15) is 12.3 Å². The van der Waals surface area contributed by atoms with Gasteiger partial charge in [0.25, 0.3) is 5.56 Å². The molecule has 2 aromatic carbocycles. The highest BCUT2D eigenvalue weighted by Gasteiger charge is 2.14. The van der Waals surface area contributed by atoms with Gasteiger partial charge in [-0.1, -0.05) is 42.1 Å². The number of ether oxygens (including phenoxy) is 1. The van der Waals surface area contributed by atoms with Gasteiger partial charge in [-0.2, -0.15) is 0 Å². The van der Waals surface area contributed by atoms with Crippen LogP contribution >= 0.6 is 11.8 Å². The molecular formula is C21H20N4O3S. The molecular weight excluding hydrogens is 388 g/mol.